The van der Waals surface area contributed by atoms with E-state index >= 15 is 0 Å². The summed E-state index contributed by atoms with van der Waals surface area (Å²) in [5, 5.41) is 17.1. The van der Waals surface area contributed by atoms with Crippen LogP contribution in [0.15, 0.2) is 128 Å². The summed E-state index contributed by atoms with van der Waals surface area (Å²) in [6.07, 6.45) is 1.78. The highest BCUT2D eigenvalue weighted by atomic mass is 16.5. The zero-order chi connectivity index (χ0) is 36.3. The van der Waals surface area contributed by atoms with Gasteiger partial charge in [-0.05, 0) is 79.2 Å². The summed E-state index contributed by atoms with van der Waals surface area (Å²) in [4.78, 5) is 4.54. The van der Waals surface area contributed by atoms with Crippen molar-refractivity contribution in [2.75, 3.05) is 32.0 Å². The molecule has 2 N–H and O–H groups in total. The van der Waals surface area contributed by atoms with Gasteiger partial charge in [-0.15, -0.1) is 0 Å². The molecule has 0 fully saturated rings. The molecule has 11 nitrogen and oxygen atoms in total. The van der Waals surface area contributed by atoms with Crippen molar-refractivity contribution in [2.24, 2.45) is 0 Å². The molecule has 4 aromatic carbocycles. The first-order valence-corrected chi connectivity index (χ1v) is 17.3. The first-order valence-electron chi connectivity index (χ1n) is 17.3. The molecule has 4 aromatic heterocycles. The van der Waals surface area contributed by atoms with Gasteiger partial charge in [0.25, 0.3) is 0 Å². The van der Waals surface area contributed by atoms with E-state index in [0.717, 1.165) is 79.6 Å². The molecule has 8 aromatic rings. The van der Waals surface area contributed by atoms with Gasteiger partial charge >= 0.3 is 5.65 Å². The minimum absolute atomic E-state index is 0.510. The maximum atomic E-state index is 5.98. The smallest absolute Gasteiger partial charge is 0.316 e. The fraction of sp³-hybridized carbons (Fsp3) is 0.143. The average molecular weight is 704 g/mol. The van der Waals surface area contributed by atoms with Gasteiger partial charge in [-0.2, -0.15) is 14.2 Å². The second kappa shape index (κ2) is 14.4. The monoisotopic (exact) mass is 703 g/mol. The SMILES string of the molecule is COc1ccc(-c2cc3nccc(NCc4ccc(-[n+]5c(C)cc(NCc6ccccc6)n6nc(-c7ccc(OC)cc7)cc65)cc4OC)n3n2)cc1. The van der Waals surface area contributed by atoms with E-state index in [2.05, 4.69) is 69.6 Å². The van der Waals surface area contributed by atoms with E-state index in [9.17, 15) is 0 Å². The van der Waals surface area contributed by atoms with Crippen LogP contribution >= 0.6 is 0 Å². The fourth-order valence-corrected chi connectivity index (χ4v) is 6.50. The molecule has 0 radical (unpaired) electrons. The van der Waals surface area contributed by atoms with Gasteiger partial charge in [0, 0.05) is 54.2 Å². The maximum Gasteiger partial charge on any atom is 0.316 e. The number of aryl methyl sites for hydroxylation is 1. The number of anilines is 2. The van der Waals surface area contributed by atoms with Crippen LogP contribution in [0.2, 0.25) is 0 Å². The number of rotatable bonds is 12. The van der Waals surface area contributed by atoms with E-state index < -0.39 is 0 Å². The number of benzene rings is 4. The standard InChI is InChI=1S/C42H38N8O3/c1-28-22-40(44-26-29-8-6-5-7-9-29)50-42(25-37(47-50)31-13-18-35(52-3)19-14-31)48(28)33-15-10-32(38(23-33)53-4)27-45-39-20-21-43-41-24-36(46-49(39)41)30-11-16-34(51-2)17-12-30/h5-25H,26-27H2,1-4H3,(H,43,45,46)/p+1. The van der Waals surface area contributed by atoms with Crippen molar-refractivity contribution in [2.45, 2.75) is 20.0 Å². The van der Waals surface area contributed by atoms with Crippen LogP contribution in [-0.2, 0) is 13.1 Å². The van der Waals surface area contributed by atoms with Gasteiger partial charge in [-0.3, -0.25) is 0 Å². The third-order valence-electron chi connectivity index (χ3n) is 9.28. The summed E-state index contributed by atoms with van der Waals surface area (Å²) in [5.41, 5.74) is 9.46. The minimum atomic E-state index is 0.510. The number of hydrogen-bond acceptors (Lipinski definition) is 8. The Kier molecular flexibility index (Phi) is 9.04. The topological polar surface area (TPSA) is 103 Å². The second-order valence-electron chi connectivity index (χ2n) is 12.6. The zero-order valence-electron chi connectivity index (χ0n) is 29.9. The van der Waals surface area contributed by atoms with Crippen molar-refractivity contribution in [1.82, 2.24) is 24.2 Å². The molecule has 0 spiro atoms. The van der Waals surface area contributed by atoms with E-state index in [4.69, 9.17) is 24.4 Å². The van der Waals surface area contributed by atoms with Crippen molar-refractivity contribution in [3.05, 3.63) is 144 Å². The number of ether oxygens (including phenoxy) is 3. The molecule has 0 bridgehead atoms. The van der Waals surface area contributed by atoms with Gasteiger partial charge in [0.2, 0.25) is 5.82 Å². The quantitative estimate of drug-likeness (QED) is 0.126. The van der Waals surface area contributed by atoms with E-state index in [1.807, 2.05) is 87.9 Å². The van der Waals surface area contributed by atoms with Gasteiger partial charge < -0.3 is 24.8 Å². The lowest BCUT2D eigenvalue weighted by atomic mass is 10.1. The van der Waals surface area contributed by atoms with E-state index in [-0.39, 0.29) is 0 Å². The Labute approximate surface area is 307 Å². The molecule has 11 heteroatoms. The Bertz CT molecular complexity index is 2530. The highest BCUT2D eigenvalue weighted by molar-refractivity contribution is 5.67. The number of hydrogen-bond donors (Lipinski definition) is 2. The van der Waals surface area contributed by atoms with Crippen LogP contribution in [0.5, 0.6) is 17.2 Å². The van der Waals surface area contributed by atoms with Crippen LogP contribution in [0.1, 0.15) is 16.8 Å². The van der Waals surface area contributed by atoms with Gasteiger partial charge in [0.15, 0.2) is 5.65 Å². The number of aromatic nitrogens is 6. The summed E-state index contributed by atoms with van der Waals surface area (Å²) in [5.74, 6) is 4.06. The molecular formula is C42H39N8O3+. The molecule has 264 valence electrons. The molecule has 0 saturated carbocycles. The molecule has 0 saturated heterocycles. The number of methoxy groups -OCH3 is 3. The van der Waals surface area contributed by atoms with Crippen molar-refractivity contribution in [3.63, 3.8) is 0 Å². The minimum Gasteiger partial charge on any atom is -0.497 e. The van der Waals surface area contributed by atoms with Crippen LogP contribution in [-0.4, -0.2) is 45.5 Å². The predicted molar refractivity (Wildman–Crippen MR) is 206 cm³/mol. The van der Waals surface area contributed by atoms with Crippen LogP contribution < -0.4 is 29.4 Å². The highest BCUT2D eigenvalue weighted by Crippen LogP contribution is 2.28. The zero-order valence-corrected chi connectivity index (χ0v) is 29.9. The summed E-state index contributed by atoms with van der Waals surface area (Å²) < 4.78 is 22.7. The number of nitrogens with zero attached hydrogens (tertiary/aromatic N) is 6. The Morgan fingerprint density at radius 1 is 0.623 bits per heavy atom. The molecule has 0 atom stereocenters. The van der Waals surface area contributed by atoms with Crippen LogP contribution in [0.3, 0.4) is 0 Å². The van der Waals surface area contributed by atoms with Crippen molar-refractivity contribution < 1.29 is 18.8 Å². The second-order valence-corrected chi connectivity index (χ2v) is 12.6. The molecule has 0 unspecified atom stereocenters. The van der Waals surface area contributed by atoms with Gasteiger partial charge in [0.1, 0.15) is 40.1 Å². The Morgan fingerprint density at radius 3 is 1.96 bits per heavy atom. The van der Waals surface area contributed by atoms with E-state index in [1.54, 1.807) is 27.5 Å². The third kappa shape index (κ3) is 6.67. The van der Waals surface area contributed by atoms with Gasteiger partial charge in [0.05, 0.1) is 33.1 Å². The number of nitrogens with one attached hydrogen (secondary N) is 2. The average Bonchev–Trinajstić information content (AvgIpc) is 3.86. The van der Waals surface area contributed by atoms with Gasteiger partial charge in [-0.1, -0.05) is 39.9 Å². The Hall–Kier alpha value is -6.88. The summed E-state index contributed by atoms with van der Waals surface area (Å²) in [7, 11) is 5.03. The van der Waals surface area contributed by atoms with Crippen molar-refractivity contribution in [1.29, 1.82) is 0 Å². The first kappa shape index (κ1) is 33.3. The molecule has 0 aliphatic heterocycles. The largest absolute Gasteiger partial charge is 0.497 e. The molecule has 4 heterocycles. The van der Waals surface area contributed by atoms with E-state index in [0.29, 0.717) is 13.1 Å². The predicted octanol–water partition coefficient (Wildman–Crippen LogP) is 7.55. The lowest BCUT2D eigenvalue weighted by Crippen LogP contribution is -2.37. The third-order valence-corrected chi connectivity index (χ3v) is 9.28. The van der Waals surface area contributed by atoms with Gasteiger partial charge in [-0.25, -0.2) is 4.98 Å². The van der Waals surface area contributed by atoms with Crippen molar-refractivity contribution in [3.8, 4) is 45.5 Å². The molecular weight excluding hydrogens is 665 g/mol. The Balaban J connectivity index is 1.11. The van der Waals surface area contributed by atoms with Crippen LogP contribution in [0.25, 0.3) is 39.5 Å². The summed E-state index contributed by atoms with van der Waals surface area (Å²) >= 11 is 0. The van der Waals surface area contributed by atoms with Crippen molar-refractivity contribution >= 4 is 22.9 Å². The molecule has 0 amide bonds. The number of fused-ring (bicyclic) bond motifs is 2. The highest BCUT2D eigenvalue weighted by Gasteiger charge is 2.24. The normalized spacial score (nSPS) is 11.2. The van der Waals surface area contributed by atoms with E-state index in [1.165, 1.54) is 5.56 Å². The first-order chi connectivity index (χ1) is 26.0. The Morgan fingerprint density at radius 2 is 1.28 bits per heavy atom. The lowest BCUT2D eigenvalue weighted by Gasteiger charge is -2.14. The lowest BCUT2D eigenvalue weighted by molar-refractivity contribution is -0.578. The molecule has 53 heavy (non-hydrogen) atoms. The van der Waals surface area contributed by atoms with Crippen LogP contribution in [0, 0.1) is 6.92 Å². The molecule has 0 aliphatic rings. The van der Waals surface area contributed by atoms with Crippen LogP contribution in [0.4, 0.5) is 11.6 Å². The maximum absolute atomic E-state index is 5.98. The fourth-order valence-electron chi connectivity index (χ4n) is 6.50. The molecule has 0 aliphatic carbocycles. The molecule has 8 rings (SSSR count). The summed E-state index contributed by atoms with van der Waals surface area (Å²) in [6, 6.07) is 40.6. The summed E-state index contributed by atoms with van der Waals surface area (Å²) in [6.45, 7) is 3.28.